The Morgan fingerprint density at radius 2 is 1.41 bits per heavy atom. The van der Waals surface area contributed by atoms with E-state index in [1.54, 1.807) is 32.1 Å². The third-order valence-corrected chi connectivity index (χ3v) is 5.06. The fourth-order valence-corrected chi connectivity index (χ4v) is 4.20. The Labute approximate surface area is 104 Å². The number of hydrogen-bond donors (Lipinski definition) is 1. The molecule has 0 aromatic carbocycles. The number of carbonyl (C=O) groups is 1. The average Bonchev–Trinajstić information content (AvgIpc) is 2.25. The van der Waals surface area contributed by atoms with Gasteiger partial charge in [0.05, 0.1) is 0 Å². The lowest BCUT2D eigenvalue weighted by Gasteiger charge is -2.53. The van der Waals surface area contributed by atoms with Gasteiger partial charge in [-0.25, -0.2) is 4.79 Å². The maximum atomic E-state index is 9.60. The van der Waals surface area contributed by atoms with Crippen molar-refractivity contribution in [2.75, 3.05) is 0 Å². The van der Waals surface area contributed by atoms with Crippen molar-refractivity contribution >= 4 is 5.97 Å². The molecule has 2 nitrogen and oxygen atoms in total. The van der Waals surface area contributed by atoms with Crippen molar-refractivity contribution in [2.24, 2.45) is 29.6 Å². The van der Waals surface area contributed by atoms with Gasteiger partial charge in [0.15, 0.2) is 0 Å². The summed E-state index contributed by atoms with van der Waals surface area (Å²) in [5.41, 5.74) is 0.176. The normalized spacial score (nSPS) is 41.6. The Bertz CT molecular complexity index is 279. The Balaban J connectivity index is 0.000000157. The molecule has 0 spiro atoms. The fourth-order valence-electron chi connectivity index (χ4n) is 4.20. The quantitative estimate of drug-likeness (QED) is 0.704. The molecule has 0 heterocycles. The fraction of sp³-hybridized carbons (Fsp3) is 0.800. The van der Waals surface area contributed by atoms with Crippen LogP contribution in [0.1, 0.15) is 46.0 Å². The van der Waals surface area contributed by atoms with Crippen LogP contribution in [-0.4, -0.2) is 11.1 Å². The second kappa shape index (κ2) is 4.83. The van der Waals surface area contributed by atoms with Crippen LogP contribution in [0.4, 0.5) is 0 Å². The number of hydrogen-bond acceptors (Lipinski definition) is 1. The lowest BCUT2D eigenvalue weighted by molar-refractivity contribution is -0.132. The minimum atomic E-state index is -0.935. The molecule has 4 aliphatic rings. The first kappa shape index (κ1) is 12.7. The van der Waals surface area contributed by atoms with Crippen molar-refractivity contribution in [1.82, 2.24) is 0 Å². The van der Waals surface area contributed by atoms with Crippen LogP contribution < -0.4 is 0 Å². The van der Waals surface area contributed by atoms with E-state index in [1.165, 1.54) is 6.92 Å². The van der Waals surface area contributed by atoms with E-state index in [0.29, 0.717) is 0 Å². The van der Waals surface area contributed by atoms with Crippen molar-refractivity contribution in [3.63, 3.8) is 0 Å². The molecule has 0 aromatic heterocycles. The van der Waals surface area contributed by atoms with Crippen molar-refractivity contribution in [3.8, 4) is 0 Å². The number of carboxylic acids is 1. The van der Waals surface area contributed by atoms with Crippen molar-refractivity contribution < 1.29 is 9.90 Å². The Morgan fingerprint density at radius 3 is 1.71 bits per heavy atom. The predicted molar refractivity (Wildman–Crippen MR) is 68.7 cm³/mol. The standard InChI is InChI=1S/C11H18.C4H6O2/c1-7-10-3-8-2-9(5-10)6-11(7)4-8;1-3(2)4(5)6/h7-11H,2-6H2,1H3;1H2,2H3,(H,5,6). The first-order valence-electron chi connectivity index (χ1n) is 6.86. The lowest BCUT2D eigenvalue weighted by Crippen LogP contribution is -2.43. The molecule has 4 bridgehead atoms. The van der Waals surface area contributed by atoms with Crippen LogP contribution >= 0.6 is 0 Å². The molecule has 17 heavy (non-hydrogen) atoms. The van der Waals surface area contributed by atoms with E-state index in [9.17, 15) is 4.79 Å². The van der Waals surface area contributed by atoms with E-state index < -0.39 is 5.97 Å². The molecule has 2 heteroatoms. The number of aliphatic carboxylic acids is 1. The van der Waals surface area contributed by atoms with Crippen molar-refractivity contribution in [1.29, 1.82) is 0 Å². The lowest BCUT2D eigenvalue weighted by atomic mass is 9.52. The van der Waals surface area contributed by atoms with Crippen molar-refractivity contribution in [3.05, 3.63) is 12.2 Å². The molecule has 4 fully saturated rings. The van der Waals surface area contributed by atoms with Gasteiger partial charge in [-0.15, -0.1) is 0 Å². The van der Waals surface area contributed by atoms with E-state index in [1.807, 2.05) is 0 Å². The van der Waals surface area contributed by atoms with Gasteiger partial charge in [-0.2, -0.15) is 0 Å². The highest BCUT2D eigenvalue weighted by molar-refractivity contribution is 5.84. The van der Waals surface area contributed by atoms with Crippen molar-refractivity contribution in [2.45, 2.75) is 46.0 Å². The summed E-state index contributed by atoms with van der Waals surface area (Å²) < 4.78 is 0. The van der Waals surface area contributed by atoms with Crippen LogP contribution in [0.3, 0.4) is 0 Å². The predicted octanol–water partition coefficient (Wildman–Crippen LogP) is 3.73. The van der Waals surface area contributed by atoms with Gasteiger partial charge in [-0.05, 0) is 68.6 Å². The van der Waals surface area contributed by atoms with Crippen LogP contribution in [0.5, 0.6) is 0 Å². The minimum Gasteiger partial charge on any atom is -0.478 e. The SMILES string of the molecule is C=C(C)C(=O)O.CC1C2CC3CC(C2)CC1C3. The highest BCUT2D eigenvalue weighted by Crippen LogP contribution is 2.56. The van der Waals surface area contributed by atoms with Gasteiger partial charge in [0.1, 0.15) is 0 Å². The second-order valence-electron chi connectivity index (χ2n) is 6.38. The molecule has 1 N–H and O–H groups in total. The Hall–Kier alpha value is -0.790. The molecule has 0 radical (unpaired) electrons. The maximum Gasteiger partial charge on any atom is 0.330 e. The van der Waals surface area contributed by atoms with Crippen LogP contribution in [0.2, 0.25) is 0 Å². The number of carboxylic acid groups (broad SMARTS) is 1. The second-order valence-corrected chi connectivity index (χ2v) is 6.38. The Kier molecular flexibility index (Phi) is 3.60. The largest absolute Gasteiger partial charge is 0.478 e. The first-order chi connectivity index (χ1) is 7.97. The van der Waals surface area contributed by atoms with Crippen LogP contribution in [-0.2, 0) is 4.79 Å². The smallest absolute Gasteiger partial charge is 0.330 e. The van der Waals surface area contributed by atoms with Gasteiger partial charge in [0, 0.05) is 5.57 Å². The van der Waals surface area contributed by atoms with Gasteiger partial charge >= 0.3 is 5.97 Å². The minimum absolute atomic E-state index is 0.176. The zero-order chi connectivity index (χ0) is 12.6. The van der Waals surface area contributed by atoms with Crippen LogP contribution in [0.15, 0.2) is 12.2 Å². The highest BCUT2D eigenvalue weighted by Gasteiger charge is 2.45. The number of rotatable bonds is 1. The Morgan fingerprint density at radius 1 is 1.06 bits per heavy atom. The molecule has 4 aliphatic carbocycles. The molecule has 0 saturated heterocycles. The van der Waals surface area contributed by atoms with Gasteiger partial charge in [0.25, 0.3) is 0 Å². The zero-order valence-corrected chi connectivity index (χ0v) is 11.0. The maximum absolute atomic E-state index is 9.60. The summed E-state index contributed by atoms with van der Waals surface area (Å²) in [6.07, 6.45) is 7.96. The average molecular weight is 236 g/mol. The summed E-state index contributed by atoms with van der Waals surface area (Å²) in [6.45, 7) is 7.11. The molecule has 0 atom stereocenters. The van der Waals surface area contributed by atoms with E-state index >= 15 is 0 Å². The summed E-state index contributed by atoms with van der Waals surface area (Å²) >= 11 is 0. The first-order valence-corrected chi connectivity index (χ1v) is 6.86. The van der Waals surface area contributed by atoms with E-state index in [0.717, 1.165) is 29.6 Å². The highest BCUT2D eigenvalue weighted by atomic mass is 16.4. The molecule has 0 aliphatic heterocycles. The molecule has 4 rings (SSSR count). The molecular weight excluding hydrogens is 212 g/mol. The summed E-state index contributed by atoms with van der Waals surface area (Å²) in [4.78, 5) is 9.60. The molecular formula is C15H24O2. The van der Waals surface area contributed by atoms with Gasteiger partial charge in [-0.3, -0.25) is 0 Å². The summed E-state index contributed by atoms with van der Waals surface area (Å²) in [5.74, 6) is 4.76. The molecule has 0 amide bonds. The van der Waals surface area contributed by atoms with Gasteiger partial charge < -0.3 is 5.11 Å². The molecule has 96 valence electrons. The monoisotopic (exact) mass is 236 g/mol. The summed E-state index contributed by atoms with van der Waals surface area (Å²) in [6, 6.07) is 0. The van der Waals surface area contributed by atoms with Crippen LogP contribution in [0, 0.1) is 29.6 Å². The van der Waals surface area contributed by atoms with Gasteiger partial charge in [-0.1, -0.05) is 13.5 Å². The molecule has 4 saturated carbocycles. The van der Waals surface area contributed by atoms with Crippen LogP contribution in [0.25, 0.3) is 0 Å². The summed E-state index contributed by atoms with van der Waals surface area (Å²) in [5, 5.41) is 7.89. The third-order valence-electron chi connectivity index (χ3n) is 5.06. The van der Waals surface area contributed by atoms with E-state index in [-0.39, 0.29) is 5.57 Å². The van der Waals surface area contributed by atoms with E-state index in [4.69, 9.17) is 5.11 Å². The topological polar surface area (TPSA) is 37.3 Å². The zero-order valence-electron chi connectivity index (χ0n) is 11.0. The summed E-state index contributed by atoms with van der Waals surface area (Å²) in [7, 11) is 0. The third kappa shape index (κ3) is 2.72. The molecule has 0 unspecified atom stereocenters. The van der Waals surface area contributed by atoms with E-state index in [2.05, 4.69) is 13.5 Å². The molecule has 0 aromatic rings. The van der Waals surface area contributed by atoms with Gasteiger partial charge in [0.2, 0.25) is 0 Å².